The molecule has 0 aliphatic rings. The van der Waals surface area contributed by atoms with Crippen LogP contribution < -0.4 is 0 Å². The first-order valence-electron chi connectivity index (χ1n) is 4.54. The van der Waals surface area contributed by atoms with Crippen LogP contribution in [0.1, 0.15) is 23.3 Å². The molecule has 80 valence electrons. The number of rotatable bonds is 6. The molecule has 15 heavy (non-hydrogen) atoms. The van der Waals surface area contributed by atoms with Gasteiger partial charge in [0.25, 0.3) is 0 Å². The second-order valence-electron chi connectivity index (χ2n) is 2.97. The zero-order valence-corrected chi connectivity index (χ0v) is 8.47. The molecule has 0 radical (unpaired) electrons. The lowest BCUT2D eigenvalue weighted by Crippen LogP contribution is -2.11. The Morgan fingerprint density at radius 2 is 2.20 bits per heavy atom. The molecule has 0 aliphatic carbocycles. The Labute approximate surface area is 87.5 Å². The van der Waals surface area contributed by atoms with Crippen molar-refractivity contribution in [3.05, 3.63) is 24.3 Å². The summed E-state index contributed by atoms with van der Waals surface area (Å²) < 4.78 is 4.74. The highest BCUT2D eigenvalue weighted by Gasteiger charge is 2.12. The van der Waals surface area contributed by atoms with Gasteiger partial charge in [-0.15, -0.1) is 0 Å². The fourth-order valence-electron chi connectivity index (χ4n) is 1.02. The zero-order chi connectivity index (χ0) is 11.1. The summed E-state index contributed by atoms with van der Waals surface area (Å²) in [5.74, 6) is -0.447. The molecular formula is C10H12N2O3. The minimum atomic E-state index is -0.302. The number of aromatic nitrogens is 2. The molecule has 0 fully saturated rings. The van der Waals surface area contributed by atoms with Gasteiger partial charge in [0.2, 0.25) is 0 Å². The van der Waals surface area contributed by atoms with E-state index in [4.69, 9.17) is 4.74 Å². The number of ether oxygens (including phenoxy) is 1. The molecule has 0 aromatic carbocycles. The van der Waals surface area contributed by atoms with Crippen molar-refractivity contribution in [3.8, 4) is 0 Å². The Morgan fingerprint density at radius 3 is 2.80 bits per heavy atom. The predicted octanol–water partition coefficient (Wildman–Crippen LogP) is 0.655. The van der Waals surface area contributed by atoms with Gasteiger partial charge in [-0.25, -0.2) is 4.98 Å². The van der Waals surface area contributed by atoms with Crippen molar-refractivity contribution in [2.75, 3.05) is 13.7 Å². The molecule has 0 saturated heterocycles. The third-order valence-corrected chi connectivity index (χ3v) is 1.79. The Balaban J connectivity index is 2.46. The van der Waals surface area contributed by atoms with E-state index < -0.39 is 0 Å². The van der Waals surface area contributed by atoms with Crippen molar-refractivity contribution in [1.82, 2.24) is 9.97 Å². The molecule has 0 aliphatic heterocycles. The lowest BCUT2D eigenvalue weighted by Gasteiger charge is -1.99. The number of Topliss-reactive ketones (excluding diaryl/α,β-unsaturated/α-hetero) is 2. The molecule has 1 rings (SSSR count). The molecule has 0 unspecified atom stereocenters. The van der Waals surface area contributed by atoms with Crippen LogP contribution >= 0.6 is 0 Å². The molecule has 1 heterocycles. The number of hydrogen-bond acceptors (Lipinski definition) is 5. The lowest BCUT2D eigenvalue weighted by atomic mass is 10.1. The summed E-state index contributed by atoms with van der Waals surface area (Å²) in [4.78, 5) is 30.3. The van der Waals surface area contributed by atoms with E-state index in [1.54, 1.807) is 0 Å². The van der Waals surface area contributed by atoms with Gasteiger partial charge in [-0.05, 0) is 0 Å². The standard InChI is InChI=1S/C10H12N2O3/c1-15-5-2-8(13)6-10(14)9-7-11-3-4-12-9/h3-4,7H,2,5-6H2,1H3. The number of nitrogens with zero attached hydrogens (tertiary/aromatic N) is 2. The Morgan fingerprint density at radius 1 is 1.40 bits per heavy atom. The molecular weight excluding hydrogens is 196 g/mol. The van der Waals surface area contributed by atoms with E-state index in [-0.39, 0.29) is 30.1 Å². The molecule has 0 atom stereocenters. The molecule has 5 nitrogen and oxygen atoms in total. The van der Waals surface area contributed by atoms with Gasteiger partial charge in [-0.1, -0.05) is 0 Å². The second kappa shape index (κ2) is 5.98. The maximum Gasteiger partial charge on any atom is 0.190 e. The van der Waals surface area contributed by atoms with Crippen molar-refractivity contribution in [3.63, 3.8) is 0 Å². The normalized spacial score (nSPS) is 9.93. The summed E-state index contributed by atoms with van der Waals surface area (Å²) in [5.41, 5.74) is 0.225. The zero-order valence-electron chi connectivity index (χ0n) is 8.47. The largest absolute Gasteiger partial charge is 0.384 e. The summed E-state index contributed by atoms with van der Waals surface area (Å²) in [5, 5.41) is 0. The first-order valence-corrected chi connectivity index (χ1v) is 4.54. The number of methoxy groups -OCH3 is 1. The van der Waals surface area contributed by atoms with Crippen molar-refractivity contribution >= 4 is 11.6 Å². The highest BCUT2D eigenvalue weighted by atomic mass is 16.5. The van der Waals surface area contributed by atoms with Crippen LogP contribution in [0.2, 0.25) is 0 Å². The summed E-state index contributed by atoms with van der Waals surface area (Å²) in [6, 6.07) is 0. The van der Waals surface area contributed by atoms with Crippen LogP contribution in [0.4, 0.5) is 0 Å². The van der Waals surface area contributed by atoms with Crippen molar-refractivity contribution in [2.24, 2.45) is 0 Å². The second-order valence-corrected chi connectivity index (χ2v) is 2.97. The Kier molecular flexibility index (Phi) is 4.56. The van der Waals surface area contributed by atoms with Crippen molar-refractivity contribution < 1.29 is 14.3 Å². The van der Waals surface area contributed by atoms with E-state index in [2.05, 4.69) is 9.97 Å². The Hall–Kier alpha value is -1.62. The smallest absolute Gasteiger partial charge is 0.190 e. The van der Waals surface area contributed by atoms with Crippen molar-refractivity contribution in [2.45, 2.75) is 12.8 Å². The number of carbonyl (C=O) groups is 2. The van der Waals surface area contributed by atoms with Crippen LogP contribution in [-0.4, -0.2) is 35.3 Å². The first kappa shape index (κ1) is 11.5. The van der Waals surface area contributed by atoms with Gasteiger partial charge in [0.05, 0.1) is 19.2 Å². The fourth-order valence-corrected chi connectivity index (χ4v) is 1.02. The predicted molar refractivity (Wildman–Crippen MR) is 52.5 cm³/mol. The van der Waals surface area contributed by atoms with Crippen LogP contribution in [0.15, 0.2) is 18.6 Å². The van der Waals surface area contributed by atoms with E-state index in [1.165, 1.54) is 25.7 Å². The topological polar surface area (TPSA) is 69.2 Å². The van der Waals surface area contributed by atoms with E-state index in [9.17, 15) is 9.59 Å². The van der Waals surface area contributed by atoms with E-state index in [0.29, 0.717) is 6.61 Å². The third-order valence-electron chi connectivity index (χ3n) is 1.79. The molecule has 5 heteroatoms. The van der Waals surface area contributed by atoms with Gasteiger partial charge in [-0.2, -0.15) is 0 Å². The number of hydrogen-bond donors (Lipinski definition) is 0. The maximum atomic E-state index is 11.5. The molecule has 0 bridgehead atoms. The van der Waals surface area contributed by atoms with Crippen molar-refractivity contribution in [1.29, 1.82) is 0 Å². The van der Waals surface area contributed by atoms with Gasteiger partial charge in [-0.3, -0.25) is 14.6 Å². The van der Waals surface area contributed by atoms with Crippen LogP contribution in [0, 0.1) is 0 Å². The van der Waals surface area contributed by atoms with Crippen LogP contribution in [0.3, 0.4) is 0 Å². The average Bonchev–Trinajstić information content (AvgIpc) is 2.27. The molecule has 0 N–H and O–H groups in total. The summed E-state index contributed by atoms with van der Waals surface area (Å²) in [7, 11) is 1.51. The first-order chi connectivity index (χ1) is 7.24. The molecule has 0 spiro atoms. The lowest BCUT2D eigenvalue weighted by molar-refractivity contribution is -0.119. The molecule has 0 amide bonds. The third kappa shape index (κ3) is 3.95. The van der Waals surface area contributed by atoms with Gasteiger partial charge in [0.15, 0.2) is 5.78 Å². The minimum Gasteiger partial charge on any atom is -0.384 e. The van der Waals surface area contributed by atoms with Gasteiger partial charge < -0.3 is 4.74 Å². The molecule has 0 saturated carbocycles. The highest BCUT2D eigenvalue weighted by molar-refractivity contribution is 6.06. The van der Waals surface area contributed by atoms with E-state index >= 15 is 0 Å². The van der Waals surface area contributed by atoms with Crippen LogP contribution in [-0.2, 0) is 9.53 Å². The van der Waals surface area contributed by atoms with Gasteiger partial charge >= 0.3 is 0 Å². The number of ketones is 2. The summed E-state index contributed by atoms with van der Waals surface area (Å²) >= 11 is 0. The average molecular weight is 208 g/mol. The minimum absolute atomic E-state index is 0.137. The van der Waals surface area contributed by atoms with Crippen LogP contribution in [0.5, 0.6) is 0 Å². The van der Waals surface area contributed by atoms with Gasteiger partial charge in [0, 0.05) is 25.9 Å². The quantitative estimate of drug-likeness (QED) is 0.507. The summed E-state index contributed by atoms with van der Waals surface area (Å²) in [6.45, 7) is 0.340. The van der Waals surface area contributed by atoms with E-state index in [1.807, 2.05) is 0 Å². The maximum absolute atomic E-state index is 11.5. The SMILES string of the molecule is COCCC(=O)CC(=O)c1cnccn1. The summed E-state index contributed by atoms with van der Waals surface area (Å²) in [6.07, 6.45) is 4.37. The monoisotopic (exact) mass is 208 g/mol. The van der Waals surface area contributed by atoms with Gasteiger partial charge in [0.1, 0.15) is 11.5 Å². The molecule has 1 aromatic rings. The Bertz CT molecular complexity index is 338. The number of carbonyl (C=O) groups excluding carboxylic acids is 2. The van der Waals surface area contributed by atoms with Crippen LogP contribution in [0.25, 0.3) is 0 Å². The fraction of sp³-hybridized carbons (Fsp3) is 0.400. The van der Waals surface area contributed by atoms with E-state index in [0.717, 1.165) is 0 Å². The highest BCUT2D eigenvalue weighted by Crippen LogP contribution is 2.00. The molecule has 1 aromatic heterocycles.